The normalized spacial score (nSPS) is 18.7. The van der Waals surface area contributed by atoms with Crippen LogP contribution in [0.3, 0.4) is 0 Å². The van der Waals surface area contributed by atoms with Gasteiger partial charge in [-0.2, -0.15) is 13.2 Å². The molecule has 0 saturated carbocycles. The summed E-state index contributed by atoms with van der Waals surface area (Å²) in [6, 6.07) is 7.76. The smallest absolute Gasteiger partial charge is 0.346 e. The highest BCUT2D eigenvalue weighted by Gasteiger charge is 2.34. The van der Waals surface area contributed by atoms with E-state index in [1.807, 2.05) is 44.6 Å². The highest BCUT2D eigenvalue weighted by Crippen LogP contribution is 2.25. The first kappa shape index (κ1) is 20.7. The maximum Gasteiger partial charge on any atom is 0.401 e. The molecule has 0 radical (unpaired) electrons. The molecule has 0 aliphatic carbocycles. The number of hydrogen-bond acceptors (Lipinski definition) is 3. The molecule has 1 amide bonds. The van der Waals surface area contributed by atoms with Crippen molar-refractivity contribution in [1.29, 1.82) is 0 Å². The second-order valence-corrected chi connectivity index (χ2v) is 7.76. The van der Waals surface area contributed by atoms with Crippen LogP contribution < -0.4 is 5.32 Å². The van der Waals surface area contributed by atoms with Crippen LogP contribution in [0.15, 0.2) is 30.5 Å². The molecule has 0 bridgehead atoms. The molecule has 1 saturated heterocycles. The van der Waals surface area contributed by atoms with Crippen molar-refractivity contribution in [3.8, 4) is 0 Å². The third kappa shape index (κ3) is 5.48. The lowest BCUT2D eigenvalue weighted by atomic mass is 9.97. The van der Waals surface area contributed by atoms with E-state index in [9.17, 15) is 18.0 Å². The van der Waals surface area contributed by atoms with Gasteiger partial charge in [0, 0.05) is 31.5 Å². The van der Waals surface area contributed by atoms with Gasteiger partial charge in [0.1, 0.15) is 0 Å². The van der Waals surface area contributed by atoms with Crippen LogP contribution in [0.5, 0.6) is 0 Å². The second kappa shape index (κ2) is 8.53. The second-order valence-electron chi connectivity index (χ2n) is 7.76. The number of carbonyl (C=O) groups excluding carboxylic acids is 1. The summed E-state index contributed by atoms with van der Waals surface area (Å²) in [4.78, 5) is 16.0. The fraction of sp³-hybridized carbons (Fsp3) is 0.550. The molecule has 2 heterocycles. The van der Waals surface area contributed by atoms with Gasteiger partial charge < -0.3 is 14.8 Å². The first-order valence-corrected chi connectivity index (χ1v) is 9.55. The number of piperidine rings is 1. The summed E-state index contributed by atoms with van der Waals surface area (Å²) < 4.78 is 40.0. The Morgan fingerprint density at radius 3 is 2.79 bits per heavy atom. The zero-order valence-electron chi connectivity index (χ0n) is 16.3. The van der Waals surface area contributed by atoms with Crippen molar-refractivity contribution in [3.63, 3.8) is 0 Å². The molecule has 1 aliphatic rings. The van der Waals surface area contributed by atoms with Gasteiger partial charge >= 0.3 is 6.18 Å². The summed E-state index contributed by atoms with van der Waals surface area (Å²) in [6.07, 6.45) is -1.00. The van der Waals surface area contributed by atoms with Gasteiger partial charge in [0.2, 0.25) is 5.91 Å². The number of likely N-dealkylation sites (tertiary alicyclic amines) is 1. The van der Waals surface area contributed by atoms with E-state index in [0.29, 0.717) is 25.1 Å². The van der Waals surface area contributed by atoms with Crippen LogP contribution >= 0.6 is 0 Å². The molecule has 1 aromatic heterocycles. The van der Waals surface area contributed by atoms with Gasteiger partial charge in [0.25, 0.3) is 0 Å². The minimum atomic E-state index is -4.23. The van der Waals surface area contributed by atoms with Crippen LogP contribution in [-0.2, 0) is 11.3 Å². The van der Waals surface area contributed by atoms with E-state index >= 15 is 0 Å². The van der Waals surface area contributed by atoms with Crippen LogP contribution in [0.25, 0.3) is 10.9 Å². The molecule has 2 aromatic rings. The number of nitrogens with zero attached hydrogens (tertiary/aromatic N) is 3. The number of aromatic nitrogens is 1. The number of amides is 1. The van der Waals surface area contributed by atoms with Gasteiger partial charge in [-0.25, -0.2) is 0 Å². The van der Waals surface area contributed by atoms with Crippen molar-refractivity contribution >= 4 is 22.5 Å². The van der Waals surface area contributed by atoms with Gasteiger partial charge in [0.15, 0.2) is 0 Å². The number of likely N-dealkylation sites (N-methyl/N-ethyl adjacent to an activating group) is 1. The molecule has 1 aliphatic heterocycles. The summed E-state index contributed by atoms with van der Waals surface area (Å²) in [5.74, 6) is -0.634. The maximum absolute atomic E-state index is 12.6. The van der Waals surface area contributed by atoms with Crippen molar-refractivity contribution in [2.45, 2.75) is 25.6 Å². The molecular weight excluding hydrogens is 369 g/mol. The van der Waals surface area contributed by atoms with E-state index in [4.69, 9.17) is 0 Å². The minimum absolute atomic E-state index is 0.146. The van der Waals surface area contributed by atoms with Crippen molar-refractivity contribution in [3.05, 3.63) is 30.5 Å². The van der Waals surface area contributed by atoms with Gasteiger partial charge in [-0.05, 0) is 57.1 Å². The average Bonchev–Trinajstić information content (AvgIpc) is 3.01. The van der Waals surface area contributed by atoms with Crippen LogP contribution in [-0.4, -0.2) is 66.7 Å². The van der Waals surface area contributed by atoms with Crippen molar-refractivity contribution < 1.29 is 18.0 Å². The number of rotatable bonds is 6. The Kier molecular flexibility index (Phi) is 6.30. The van der Waals surface area contributed by atoms with Gasteiger partial charge in [0.05, 0.1) is 18.0 Å². The summed E-state index contributed by atoms with van der Waals surface area (Å²) in [5.41, 5.74) is 1.71. The summed E-state index contributed by atoms with van der Waals surface area (Å²) in [7, 11) is 4.03. The Morgan fingerprint density at radius 2 is 2.07 bits per heavy atom. The van der Waals surface area contributed by atoms with E-state index in [-0.39, 0.29) is 12.5 Å². The Hall–Kier alpha value is -2.06. The van der Waals surface area contributed by atoms with Crippen LogP contribution in [0, 0.1) is 5.92 Å². The fourth-order valence-electron chi connectivity index (χ4n) is 3.68. The Bertz CT molecular complexity index is 815. The number of hydrogen-bond donors (Lipinski definition) is 1. The molecule has 28 heavy (non-hydrogen) atoms. The highest BCUT2D eigenvalue weighted by atomic mass is 19.4. The Labute approximate surface area is 163 Å². The van der Waals surface area contributed by atoms with Gasteiger partial charge in [-0.3, -0.25) is 9.69 Å². The number of alkyl halides is 3. The zero-order valence-corrected chi connectivity index (χ0v) is 16.3. The molecule has 1 unspecified atom stereocenters. The minimum Gasteiger partial charge on any atom is -0.346 e. The van der Waals surface area contributed by atoms with E-state index < -0.39 is 18.6 Å². The average molecular weight is 396 g/mol. The highest BCUT2D eigenvalue weighted by molar-refractivity contribution is 5.95. The SMILES string of the molecule is CN(C)CCn1ccc2ccc(NC(=O)C3CCCN(CC(F)(F)F)C3)cc21. The van der Waals surface area contributed by atoms with E-state index in [1.165, 1.54) is 4.90 Å². The largest absolute Gasteiger partial charge is 0.401 e. The third-order valence-electron chi connectivity index (χ3n) is 5.11. The Balaban J connectivity index is 1.66. The van der Waals surface area contributed by atoms with Crippen molar-refractivity contribution in [1.82, 2.24) is 14.4 Å². The number of carbonyl (C=O) groups is 1. The Morgan fingerprint density at radius 1 is 1.29 bits per heavy atom. The lowest BCUT2D eigenvalue weighted by molar-refractivity contribution is -0.151. The van der Waals surface area contributed by atoms with Crippen LogP contribution in [0.2, 0.25) is 0 Å². The fourth-order valence-corrected chi connectivity index (χ4v) is 3.68. The summed E-state index contributed by atoms with van der Waals surface area (Å²) in [6.45, 7) is 1.31. The molecule has 1 N–H and O–H groups in total. The monoisotopic (exact) mass is 396 g/mol. The van der Waals surface area contributed by atoms with E-state index in [1.54, 1.807) is 0 Å². The number of nitrogens with one attached hydrogen (secondary N) is 1. The molecule has 5 nitrogen and oxygen atoms in total. The molecule has 1 fully saturated rings. The van der Waals surface area contributed by atoms with Crippen molar-refractivity contribution in [2.24, 2.45) is 5.92 Å². The molecular formula is C20H27F3N4O. The number of anilines is 1. The summed E-state index contributed by atoms with van der Waals surface area (Å²) >= 11 is 0. The number of benzene rings is 1. The lowest BCUT2D eigenvalue weighted by Crippen LogP contribution is -2.44. The zero-order chi connectivity index (χ0) is 20.3. The molecule has 3 rings (SSSR count). The lowest BCUT2D eigenvalue weighted by Gasteiger charge is -2.32. The van der Waals surface area contributed by atoms with Gasteiger partial charge in [-0.1, -0.05) is 6.07 Å². The van der Waals surface area contributed by atoms with Crippen molar-refractivity contribution in [2.75, 3.05) is 45.6 Å². The van der Waals surface area contributed by atoms with Gasteiger partial charge in [-0.15, -0.1) is 0 Å². The predicted molar refractivity (Wildman–Crippen MR) is 104 cm³/mol. The first-order chi connectivity index (χ1) is 13.2. The predicted octanol–water partition coefficient (Wildman–Crippen LogP) is 3.42. The maximum atomic E-state index is 12.6. The quantitative estimate of drug-likeness (QED) is 0.814. The molecule has 1 atom stereocenters. The van der Waals surface area contributed by atoms with Crippen LogP contribution in [0.4, 0.5) is 18.9 Å². The number of halogens is 3. The molecule has 8 heteroatoms. The van der Waals surface area contributed by atoms with Crippen LogP contribution in [0.1, 0.15) is 12.8 Å². The molecule has 0 spiro atoms. The number of fused-ring (bicyclic) bond motifs is 1. The third-order valence-corrected chi connectivity index (χ3v) is 5.11. The first-order valence-electron chi connectivity index (χ1n) is 9.55. The standard InChI is InChI=1S/C20H27F3N4O/c1-25(2)10-11-27-9-7-15-5-6-17(12-18(15)27)24-19(28)16-4-3-8-26(13-16)14-20(21,22)23/h5-7,9,12,16H,3-4,8,10-11,13-14H2,1-2H3,(H,24,28). The molecule has 1 aromatic carbocycles. The van der Waals surface area contributed by atoms with E-state index in [0.717, 1.165) is 24.0 Å². The molecule has 154 valence electrons. The topological polar surface area (TPSA) is 40.5 Å². The van der Waals surface area contributed by atoms with E-state index in [2.05, 4.69) is 14.8 Å². The summed E-state index contributed by atoms with van der Waals surface area (Å²) in [5, 5.41) is 3.99.